The maximum Gasteiger partial charge on any atom is 0.320 e. The lowest BCUT2D eigenvalue weighted by Gasteiger charge is -2.19. The number of unbranched alkanes of at least 4 members (excludes halogenated alkanes) is 1. The van der Waals surface area contributed by atoms with Crippen molar-refractivity contribution in [2.45, 2.75) is 89.0 Å². The lowest BCUT2D eigenvalue weighted by Crippen LogP contribution is -2.42. The second-order valence-electron chi connectivity index (χ2n) is 12.5. The summed E-state index contributed by atoms with van der Waals surface area (Å²) in [7, 11) is 0. The standard InChI is InChI=1S/C32H50N10O8/c1-14(2)25(38)30(48)42-21-9-8-15(27(45)17(34)7-5-11-41-32(39)40)24(28(46)18(35)6-3-4-10-33)23(21)16(12-20(37)31(49)50)26(42)29(47)19(36)13-22(43)44/h8-9,14,17-20,25H,3-7,10-13,33-38H2,1-2H3,(H,43,44)(H,49,50)(H4,39,40,41). The van der Waals surface area contributed by atoms with Crippen LogP contribution in [0.1, 0.15) is 93.9 Å². The van der Waals surface area contributed by atoms with E-state index in [-0.39, 0.29) is 52.9 Å². The number of aliphatic imine (C=N–C) groups is 1. The molecular formula is C32H50N10O8. The van der Waals surface area contributed by atoms with E-state index in [9.17, 15) is 39.0 Å². The van der Waals surface area contributed by atoms with Gasteiger partial charge in [0.1, 0.15) is 6.04 Å². The van der Waals surface area contributed by atoms with Crippen LogP contribution in [0.15, 0.2) is 17.1 Å². The molecule has 0 saturated heterocycles. The van der Waals surface area contributed by atoms with E-state index in [4.69, 9.17) is 45.9 Å². The Balaban J connectivity index is 3.15. The molecule has 0 bridgehead atoms. The molecule has 0 amide bonds. The number of carboxylic acid groups (broad SMARTS) is 2. The van der Waals surface area contributed by atoms with Crippen molar-refractivity contribution >= 4 is 52.1 Å². The van der Waals surface area contributed by atoms with Crippen LogP contribution in [0.4, 0.5) is 0 Å². The van der Waals surface area contributed by atoms with Gasteiger partial charge >= 0.3 is 11.9 Å². The summed E-state index contributed by atoms with van der Waals surface area (Å²) in [6.45, 7) is 3.79. The fourth-order valence-electron chi connectivity index (χ4n) is 5.48. The summed E-state index contributed by atoms with van der Waals surface area (Å²) in [6, 6.07) is -4.45. The molecule has 1 aromatic heterocycles. The Hall–Kier alpha value is -4.59. The summed E-state index contributed by atoms with van der Waals surface area (Å²) in [5.41, 5.74) is 45.9. The van der Waals surface area contributed by atoms with Crippen LogP contribution in [0.2, 0.25) is 0 Å². The molecule has 0 aliphatic rings. The van der Waals surface area contributed by atoms with Gasteiger partial charge in [0, 0.05) is 29.5 Å². The first kappa shape index (κ1) is 41.6. The Morgan fingerprint density at radius 3 is 1.94 bits per heavy atom. The van der Waals surface area contributed by atoms with E-state index in [2.05, 4.69) is 4.99 Å². The number of aliphatic carboxylic acids is 2. The number of nitrogens with zero attached hydrogens (tertiary/aromatic N) is 2. The summed E-state index contributed by atoms with van der Waals surface area (Å²) < 4.78 is 0.897. The number of rotatable bonds is 21. The van der Waals surface area contributed by atoms with Gasteiger partial charge < -0.3 is 56.1 Å². The molecule has 1 aromatic carbocycles. The van der Waals surface area contributed by atoms with Crippen molar-refractivity contribution in [1.29, 1.82) is 0 Å². The minimum Gasteiger partial charge on any atom is -0.481 e. The molecule has 0 spiro atoms. The van der Waals surface area contributed by atoms with Crippen molar-refractivity contribution in [1.82, 2.24) is 4.57 Å². The van der Waals surface area contributed by atoms with E-state index in [1.54, 1.807) is 13.8 Å². The monoisotopic (exact) mass is 702 g/mol. The van der Waals surface area contributed by atoms with Crippen LogP contribution in [-0.4, -0.2) is 99.2 Å². The topological polar surface area (TPSA) is 368 Å². The van der Waals surface area contributed by atoms with Crippen molar-refractivity contribution in [2.75, 3.05) is 13.1 Å². The average molecular weight is 703 g/mol. The first-order valence-electron chi connectivity index (χ1n) is 16.2. The SMILES string of the molecule is CC(C)C(N)C(=O)n1c(C(=O)C(N)CC(=O)O)c(CC(N)C(=O)O)c2c(C(=O)C(N)CCCCN)c(C(=O)C(N)CCCN=C(N)N)ccc21. The molecule has 0 aliphatic carbocycles. The number of nitrogens with two attached hydrogens (primary N) is 8. The van der Waals surface area contributed by atoms with E-state index >= 15 is 0 Å². The third-order valence-electron chi connectivity index (χ3n) is 8.29. The van der Waals surface area contributed by atoms with E-state index in [1.165, 1.54) is 12.1 Å². The van der Waals surface area contributed by atoms with Gasteiger partial charge in [0.05, 0.1) is 41.8 Å². The fraction of sp³-hybridized carbons (Fsp3) is 0.531. The number of carbonyl (C=O) groups excluding carboxylic acids is 4. The highest BCUT2D eigenvalue weighted by Gasteiger charge is 2.37. The number of ketones is 3. The maximum atomic E-state index is 14.3. The molecular weight excluding hydrogens is 652 g/mol. The maximum absolute atomic E-state index is 14.3. The Morgan fingerprint density at radius 1 is 0.800 bits per heavy atom. The van der Waals surface area contributed by atoms with E-state index in [1.807, 2.05) is 0 Å². The van der Waals surface area contributed by atoms with Gasteiger partial charge in [-0.2, -0.15) is 0 Å². The number of hydrogen-bond acceptors (Lipinski definition) is 13. The number of carbonyl (C=O) groups is 6. The predicted octanol–water partition coefficient (Wildman–Crippen LogP) is -1.59. The van der Waals surface area contributed by atoms with Gasteiger partial charge in [-0.25, -0.2) is 0 Å². The Labute approximate surface area is 288 Å². The summed E-state index contributed by atoms with van der Waals surface area (Å²) in [5, 5.41) is 19.0. The highest BCUT2D eigenvalue weighted by Crippen LogP contribution is 2.35. The van der Waals surface area contributed by atoms with Crippen molar-refractivity contribution < 1.29 is 39.0 Å². The minimum atomic E-state index is -1.71. The summed E-state index contributed by atoms with van der Waals surface area (Å²) in [6.07, 6.45) is 0.0134. The van der Waals surface area contributed by atoms with Gasteiger partial charge in [-0.3, -0.25) is 38.3 Å². The number of benzene rings is 1. The van der Waals surface area contributed by atoms with Gasteiger partial charge in [-0.15, -0.1) is 0 Å². The van der Waals surface area contributed by atoms with Gasteiger partial charge in [0.25, 0.3) is 0 Å². The molecule has 0 aliphatic heterocycles. The molecule has 18 N–H and O–H groups in total. The lowest BCUT2D eigenvalue weighted by atomic mass is 9.86. The first-order chi connectivity index (χ1) is 23.4. The van der Waals surface area contributed by atoms with E-state index in [0.717, 1.165) is 4.57 Å². The van der Waals surface area contributed by atoms with Crippen molar-refractivity contribution in [2.24, 2.45) is 56.8 Å². The van der Waals surface area contributed by atoms with Crippen LogP contribution in [0.5, 0.6) is 0 Å². The zero-order chi connectivity index (χ0) is 38.0. The molecule has 5 atom stereocenters. The summed E-state index contributed by atoms with van der Waals surface area (Å²) in [5.74, 6) is -6.91. The normalized spacial score (nSPS) is 14.5. The van der Waals surface area contributed by atoms with Gasteiger partial charge in [0.15, 0.2) is 23.3 Å². The van der Waals surface area contributed by atoms with Gasteiger partial charge in [-0.1, -0.05) is 20.3 Å². The molecule has 0 radical (unpaired) electrons. The molecule has 276 valence electrons. The largest absolute Gasteiger partial charge is 0.481 e. The first-order valence-corrected chi connectivity index (χ1v) is 16.2. The highest BCUT2D eigenvalue weighted by molar-refractivity contribution is 6.22. The van der Waals surface area contributed by atoms with Crippen molar-refractivity contribution in [3.05, 3.63) is 34.5 Å². The summed E-state index contributed by atoms with van der Waals surface area (Å²) >= 11 is 0. The van der Waals surface area contributed by atoms with Crippen LogP contribution < -0.4 is 45.9 Å². The highest BCUT2D eigenvalue weighted by atomic mass is 16.4. The predicted molar refractivity (Wildman–Crippen MR) is 187 cm³/mol. The second-order valence-corrected chi connectivity index (χ2v) is 12.5. The molecule has 18 nitrogen and oxygen atoms in total. The Morgan fingerprint density at radius 2 is 1.40 bits per heavy atom. The third-order valence-corrected chi connectivity index (χ3v) is 8.29. The quantitative estimate of drug-likeness (QED) is 0.0303. The molecule has 2 aromatic rings. The zero-order valence-corrected chi connectivity index (χ0v) is 28.3. The number of fused-ring (bicyclic) bond motifs is 1. The molecule has 0 fully saturated rings. The molecule has 50 heavy (non-hydrogen) atoms. The number of hydrogen-bond donors (Lipinski definition) is 10. The molecule has 0 saturated carbocycles. The Kier molecular flexibility index (Phi) is 15.3. The van der Waals surface area contributed by atoms with Gasteiger partial charge in [-0.05, 0) is 55.8 Å². The van der Waals surface area contributed by atoms with Crippen LogP contribution in [0.25, 0.3) is 10.9 Å². The number of aromatic nitrogens is 1. The molecule has 18 heteroatoms. The van der Waals surface area contributed by atoms with Gasteiger partial charge in [0.2, 0.25) is 5.91 Å². The minimum absolute atomic E-state index is 0.0943. The van der Waals surface area contributed by atoms with Crippen molar-refractivity contribution in [3.8, 4) is 0 Å². The van der Waals surface area contributed by atoms with Crippen LogP contribution in [0, 0.1) is 5.92 Å². The van der Waals surface area contributed by atoms with Crippen molar-refractivity contribution in [3.63, 3.8) is 0 Å². The number of guanidine groups is 1. The van der Waals surface area contributed by atoms with E-state index in [0.29, 0.717) is 25.8 Å². The Bertz CT molecular complexity index is 1630. The third kappa shape index (κ3) is 9.99. The smallest absolute Gasteiger partial charge is 0.320 e. The fourth-order valence-corrected chi connectivity index (χ4v) is 5.48. The lowest BCUT2D eigenvalue weighted by molar-refractivity contribution is -0.139. The second kappa shape index (κ2) is 18.4. The van der Waals surface area contributed by atoms with E-state index < -0.39 is 89.9 Å². The molecule has 1 heterocycles. The zero-order valence-electron chi connectivity index (χ0n) is 28.3. The summed E-state index contributed by atoms with van der Waals surface area (Å²) in [4.78, 5) is 83.9. The molecule has 2 rings (SSSR count). The van der Waals surface area contributed by atoms with Crippen LogP contribution in [0.3, 0.4) is 0 Å². The molecule has 5 unspecified atom stereocenters. The number of carboxylic acids is 2. The number of Topliss-reactive ketones (excluding diaryl/α,β-unsaturated/α-hetero) is 3. The van der Waals surface area contributed by atoms with Crippen LogP contribution >= 0.6 is 0 Å². The van der Waals surface area contributed by atoms with Crippen LogP contribution in [-0.2, 0) is 16.0 Å². The average Bonchev–Trinajstić information content (AvgIpc) is 3.37.